The Balaban J connectivity index is 1.76. The van der Waals surface area contributed by atoms with Crippen LogP contribution in [0.1, 0.15) is 29.8 Å². The van der Waals surface area contributed by atoms with Gasteiger partial charge in [0.05, 0.1) is 24.1 Å². The normalized spacial score (nSPS) is 14.4. The molecule has 0 saturated heterocycles. The van der Waals surface area contributed by atoms with Crippen LogP contribution in [0.4, 0.5) is 0 Å². The van der Waals surface area contributed by atoms with Crippen LogP contribution < -0.4 is 0 Å². The topological polar surface area (TPSA) is 30.7 Å². The fourth-order valence-corrected chi connectivity index (χ4v) is 3.15. The molecule has 0 bridgehead atoms. The molecular weight excluding hydrogens is 246 g/mol. The highest BCUT2D eigenvalue weighted by Crippen LogP contribution is 2.22. The molecule has 0 radical (unpaired) electrons. The second kappa shape index (κ2) is 4.75. The van der Waals surface area contributed by atoms with Crippen molar-refractivity contribution in [3.05, 3.63) is 59.8 Å². The van der Waals surface area contributed by atoms with Crippen molar-refractivity contribution >= 4 is 10.9 Å². The molecular formula is C17H17N3. The van der Waals surface area contributed by atoms with Gasteiger partial charge < -0.3 is 4.57 Å². The van der Waals surface area contributed by atoms with Crippen LogP contribution >= 0.6 is 0 Å². The number of para-hydroxylation sites is 1. The van der Waals surface area contributed by atoms with Crippen molar-refractivity contribution in [2.75, 3.05) is 0 Å². The Labute approximate surface area is 118 Å². The predicted octanol–water partition coefficient (Wildman–Crippen LogP) is 3.36. The molecule has 0 fully saturated rings. The summed E-state index contributed by atoms with van der Waals surface area (Å²) in [4.78, 5) is 9.12. The number of aryl methyl sites for hydroxylation is 1. The van der Waals surface area contributed by atoms with E-state index in [0.717, 1.165) is 24.9 Å². The maximum absolute atomic E-state index is 4.58. The van der Waals surface area contributed by atoms with Crippen LogP contribution in [0.5, 0.6) is 0 Å². The van der Waals surface area contributed by atoms with Gasteiger partial charge >= 0.3 is 0 Å². The van der Waals surface area contributed by atoms with Crippen molar-refractivity contribution in [2.24, 2.45) is 0 Å². The summed E-state index contributed by atoms with van der Waals surface area (Å²) < 4.78 is 2.30. The number of pyridine rings is 1. The summed E-state index contributed by atoms with van der Waals surface area (Å²) in [7, 11) is 0. The van der Waals surface area contributed by atoms with E-state index < -0.39 is 0 Å². The monoisotopic (exact) mass is 263 g/mol. The molecule has 1 aliphatic carbocycles. The third-order valence-electron chi connectivity index (χ3n) is 4.17. The predicted molar refractivity (Wildman–Crippen MR) is 79.7 cm³/mol. The summed E-state index contributed by atoms with van der Waals surface area (Å²) in [5.41, 5.74) is 5.09. The Bertz CT molecular complexity index is 753. The van der Waals surface area contributed by atoms with Crippen LogP contribution in [0, 0.1) is 0 Å². The van der Waals surface area contributed by atoms with E-state index >= 15 is 0 Å². The zero-order chi connectivity index (χ0) is 13.4. The van der Waals surface area contributed by atoms with Gasteiger partial charge in [0.15, 0.2) is 0 Å². The molecule has 0 saturated carbocycles. The van der Waals surface area contributed by atoms with E-state index in [1.807, 2.05) is 18.6 Å². The first-order chi connectivity index (χ1) is 9.92. The molecule has 3 aromatic rings. The molecule has 0 aliphatic heterocycles. The lowest BCUT2D eigenvalue weighted by Crippen LogP contribution is -2.09. The van der Waals surface area contributed by atoms with Crippen molar-refractivity contribution in [3.63, 3.8) is 0 Å². The first kappa shape index (κ1) is 11.6. The minimum Gasteiger partial charge on any atom is -0.330 e. The third kappa shape index (κ3) is 1.90. The lowest BCUT2D eigenvalue weighted by atomic mass is 10.0. The van der Waals surface area contributed by atoms with Gasteiger partial charge in [-0.05, 0) is 37.3 Å². The maximum atomic E-state index is 4.58. The Morgan fingerprint density at radius 2 is 1.90 bits per heavy atom. The lowest BCUT2D eigenvalue weighted by molar-refractivity contribution is 0.629. The van der Waals surface area contributed by atoms with E-state index in [0.29, 0.717) is 0 Å². The summed E-state index contributed by atoms with van der Waals surface area (Å²) in [6.07, 6.45) is 8.73. The minimum atomic E-state index is 0.872. The fraction of sp³-hybridized carbons (Fsp3) is 0.294. The number of benzene rings is 1. The molecule has 3 nitrogen and oxygen atoms in total. The SMILES string of the molecule is c1cnc2c(Cn3cnc4c3CCCC4)cccc2c1. The average molecular weight is 263 g/mol. The van der Waals surface area contributed by atoms with Crippen molar-refractivity contribution < 1.29 is 0 Å². The van der Waals surface area contributed by atoms with Gasteiger partial charge in [0, 0.05) is 17.3 Å². The van der Waals surface area contributed by atoms with Crippen LogP contribution in [0.25, 0.3) is 10.9 Å². The molecule has 0 amide bonds. The smallest absolute Gasteiger partial charge is 0.0954 e. The quantitative estimate of drug-likeness (QED) is 0.710. The molecule has 2 heterocycles. The number of hydrogen-bond donors (Lipinski definition) is 0. The Kier molecular flexibility index (Phi) is 2.76. The summed E-state index contributed by atoms with van der Waals surface area (Å²) in [5, 5.41) is 1.21. The summed E-state index contributed by atoms with van der Waals surface area (Å²) >= 11 is 0. The third-order valence-corrected chi connectivity index (χ3v) is 4.17. The van der Waals surface area contributed by atoms with Crippen LogP contribution in [-0.4, -0.2) is 14.5 Å². The largest absolute Gasteiger partial charge is 0.330 e. The molecule has 1 aromatic carbocycles. The van der Waals surface area contributed by atoms with Crippen LogP contribution in [0.15, 0.2) is 42.9 Å². The van der Waals surface area contributed by atoms with Gasteiger partial charge in [-0.2, -0.15) is 0 Å². The van der Waals surface area contributed by atoms with E-state index in [4.69, 9.17) is 0 Å². The van der Waals surface area contributed by atoms with Gasteiger partial charge in [-0.3, -0.25) is 4.98 Å². The maximum Gasteiger partial charge on any atom is 0.0954 e. The van der Waals surface area contributed by atoms with Gasteiger partial charge in [0.2, 0.25) is 0 Å². The fourth-order valence-electron chi connectivity index (χ4n) is 3.15. The van der Waals surface area contributed by atoms with Gasteiger partial charge in [-0.25, -0.2) is 4.98 Å². The van der Waals surface area contributed by atoms with E-state index in [1.165, 1.54) is 35.2 Å². The highest BCUT2D eigenvalue weighted by molar-refractivity contribution is 5.81. The number of fused-ring (bicyclic) bond motifs is 2. The second-order valence-corrected chi connectivity index (χ2v) is 5.47. The first-order valence-electron chi connectivity index (χ1n) is 7.27. The zero-order valence-corrected chi connectivity index (χ0v) is 11.4. The number of rotatable bonds is 2. The highest BCUT2D eigenvalue weighted by atomic mass is 15.1. The van der Waals surface area contributed by atoms with E-state index in [1.54, 1.807) is 0 Å². The standard InChI is InChI=1S/C17H17N3/c1-2-9-16-15(8-1)19-12-20(16)11-14-6-3-5-13-7-4-10-18-17(13)14/h3-7,10,12H,1-2,8-9,11H2. The Hall–Kier alpha value is -2.16. The molecule has 1 aliphatic rings. The Morgan fingerprint density at radius 1 is 1.00 bits per heavy atom. The molecule has 20 heavy (non-hydrogen) atoms. The number of imidazole rings is 1. The number of hydrogen-bond acceptors (Lipinski definition) is 2. The first-order valence-corrected chi connectivity index (χ1v) is 7.27. The van der Waals surface area contributed by atoms with E-state index in [2.05, 4.69) is 38.8 Å². The molecule has 0 atom stereocenters. The summed E-state index contributed by atoms with van der Waals surface area (Å²) in [6.45, 7) is 0.872. The van der Waals surface area contributed by atoms with E-state index in [-0.39, 0.29) is 0 Å². The van der Waals surface area contributed by atoms with E-state index in [9.17, 15) is 0 Å². The highest BCUT2D eigenvalue weighted by Gasteiger charge is 2.15. The lowest BCUT2D eigenvalue weighted by Gasteiger charge is -2.14. The van der Waals surface area contributed by atoms with Crippen molar-refractivity contribution in [2.45, 2.75) is 32.2 Å². The van der Waals surface area contributed by atoms with Gasteiger partial charge in [0.25, 0.3) is 0 Å². The van der Waals surface area contributed by atoms with Crippen LogP contribution in [-0.2, 0) is 19.4 Å². The zero-order valence-electron chi connectivity index (χ0n) is 11.4. The molecule has 4 rings (SSSR count). The van der Waals surface area contributed by atoms with Crippen LogP contribution in [0.3, 0.4) is 0 Å². The van der Waals surface area contributed by atoms with Crippen molar-refractivity contribution in [1.29, 1.82) is 0 Å². The van der Waals surface area contributed by atoms with Crippen LogP contribution in [0.2, 0.25) is 0 Å². The number of aromatic nitrogens is 3. The van der Waals surface area contributed by atoms with Gasteiger partial charge in [-0.1, -0.05) is 24.3 Å². The minimum absolute atomic E-state index is 0.872. The van der Waals surface area contributed by atoms with Gasteiger partial charge in [0.1, 0.15) is 0 Å². The molecule has 2 aromatic heterocycles. The second-order valence-electron chi connectivity index (χ2n) is 5.47. The van der Waals surface area contributed by atoms with Crippen molar-refractivity contribution in [3.8, 4) is 0 Å². The molecule has 0 unspecified atom stereocenters. The molecule has 3 heteroatoms. The average Bonchev–Trinajstić information content (AvgIpc) is 2.91. The number of nitrogens with zero attached hydrogens (tertiary/aromatic N) is 3. The molecule has 100 valence electrons. The molecule has 0 spiro atoms. The Morgan fingerprint density at radius 3 is 2.90 bits per heavy atom. The molecule has 0 N–H and O–H groups in total. The van der Waals surface area contributed by atoms with Gasteiger partial charge in [-0.15, -0.1) is 0 Å². The summed E-state index contributed by atoms with van der Waals surface area (Å²) in [5.74, 6) is 0. The van der Waals surface area contributed by atoms with Crippen molar-refractivity contribution in [1.82, 2.24) is 14.5 Å². The summed E-state index contributed by atoms with van der Waals surface area (Å²) in [6, 6.07) is 10.5.